The molecule has 0 aliphatic rings. The van der Waals surface area contributed by atoms with E-state index < -0.39 is 17.7 Å². The van der Waals surface area contributed by atoms with Gasteiger partial charge in [-0.05, 0) is 37.6 Å². The van der Waals surface area contributed by atoms with Gasteiger partial charge in [-0.15, -0.1) is 0 Å². The summed E-state index contributed by atoms with van der Waals surface area (Å²) < 4.78 is 28.9. The standard InChI is InChI=1S/C20H17F2N3O2/c1-11-18(19(22)25(3)24-11)20(27)23-17-9-8-15(21)10-16(17)14-6-4-13(5-7-14)12(2)26/h4-10H,1-3H3,(H,23,27). The fourth-order valence-electron chi connectivity index (χ4n) is 2.82. The van der Waals surface area contributed by atoms with Gasteiger partial charge < -0.3 is 5.32 Å². The van der Waals surface area contributed by atoms with E-state index in [1.54, 1.807) is 24.3 Å². The molecular formula is C20H17F2N3O2. The van der Waals surface area contributed by atoms with Crippen LogP contribution in [0.5, 0.6) is 0 Å². The third-order valence-electron chi connectivity index (χ3n) is 4.21. The topological polar surface area (TPSA) is 64.0 Å². The molecule has 3 aromatic rings. The van der Waals surface area contributed by atoms with E-state index in [2.05, 4.69) is 10.4 Å². The van der Waals surface area contributed by atoms with E-state index >= 15 is 0 Å². The normalized spacial score (nSPS) is 10.7. The van der Waals surface area contributed by atoms with Gasteiger partial charge in [0.1, 0.15) is 11.4 Å². The van der Waals surface area contributed by atoms with Crippen LogP contribution in [-0.4, -0.2) is 21.5 Å². The number of carbonyl (C=O) groups excluding carboxylic acids is 2. The predicted octanol–water partition coefficient (Wildman–Crippen LogP) is 4.13. The SMILES string of the molecule is CC(=O)c1ccc(-c2cc(F)ccc2NC(=O)c2c(C)nn(C)c2F)cc1. The Balaban J connectivity index is 1.99. The highest BCUT2D eigenvalue weighted by molar-refractivity contribution is 6.07. The van der Waals surface area contributed by atoms with Crippen LogP contribution >= 0.6 is 0 Å². The summed E-state index contributed by atoms with van der Waals surface area (Å²) in [6.07, 6.45) is 0. The van der Waals surface area contributed by atoms with Crippen LogP contribution in [0.4, 0.5) is 14.5 Å². The average Bonchev–Trinajstić information content (AvgIpc) is 2.88. The van der Waals surface area contributed by atoms with Crippen LogP contribution in [0.2, 0.25) is 0 Å². The highest BCUT2D eigenvalue weighted by Crippen LogP contribution is 2.30. The zero-order valence-electron chi connectivity index (χ0n) is 15.0. The molecular weight excluding hydrogens is 352 g/mol. The first kappa shape index (κ1) is 18.4. The molecule has 0 spiro atoms. The second kappa shape index (κ2) is 7.11. The van der Waals surface area contributed by atoms with Crippen LogP contribution in [0.15, 0.2) is 42.5 Å². The third-order valence-corrected chi connectivity index (χ3v) is 4.21. The number of aromatic nitrogens is 2. The molecule has 1 N–H and O–H groups in total. The number of ketones is 1. The molecule has 3 rings (SSSR count). The van der Waals surface area contributed by atoms with E-state index in [1.807, 2.05) is 0 Å². The molecule has 0 aliphatic carbocycles. The van der Waals surface area contributed by atoms with Crippen molar-refractivity contribution in [2.24, 2.45) is 7.05 Å². The number of nitrogens with zero attached hydrogens (tertiary/aromatic N) is 2. The molecule has 0 aliphatic heterocycles. The van der Waals surface area contributed by atoms with E-state index in [1.165, 1.54) is 39.1 Å². The molecule has 27 heavy (non-hydrogen) atoms. The zero-order valence-corrected chi connectivity index (χ0v) is 15.0. The fourth-order valence-corrected chi connectivity index (χ4v) is 2.82. The summed E-state index contributed by atoms with van der Waals surface area (Å²) in [6.45, 7) is 2.98. The van der Waals surface area contributed by atoms with Gasteiger partial charge >= 0.3 is 0 Å². The summed E-state index contributed by atoms with van der Waals surface area (Å²) in [6, 6.07) is 10.5. The molecule has 0 fully saturated rings. The smallest absolute Gasteiger partial charge is 0.262 e. The molecule has 2 aromatic carbocycles. The van der Waals surface area contributed by atoms with Gasteiger partial charge in [0.25, 0.3) is 5.91 Å². The van der Waals surface area contributed by atoms with Gasteiger partial charge in [-0.2, -0.15) is 9.49 Å². The van der Waals surface area contributed by atoms with Crippen LogP contribution in [0.25, 0.3) is 11.1 Å². The molecule has 0 saturated heterocycles. The number of anilines is 1. The largest absolute Gasteiger partial charge is 0.321 e. The highest BCUT2D eigenvalue weighted by atomic mass is 19.1. The van der Waals surface area contributed by atoms with Crippen molar-refractivity contribution < 1.29 is 18.4 Å². The first-order chi connectivity index (χ1) is 12.8. The van der Waals surface area contributed by atoms with Crippen LogP contribution < -0.4 is 5.32 Å². The Kier molecular flexibility index (Phi) is 4.85. The summed E-state index contributed by atoms with van der Waals surface area (Å²) in [4.78, 5) is 24.0. The number of hydrogen-bond donors (Lipinski definition) is 1. The summed E-state index contributed by atoms with van der Waals surface area (Å²) in [5.74, 6) is -2.00. The van der Waals surface area contributed by atoms with Gasteiger partial charge in [0.05, 0.1) is 5.69 Å². The molecule has 5 nitrogen and oxygen atoms in total. The lowest BCUT2D eigenvalue weighted by molar-refractivity contribution is 0.101. The second-order valence-electron chi connectivity index (χ2n) is 6.15. The number of carbonyl (C=O) groups is 2. The van der Waals surface area contributed by atoms with Gasteiger partial charge in [-0.25, -0.2) is 9.07 Å². The van der Waals surface area contributed by atoms with Crippen LogP contribution in [-0.2, 0) is 7.05 Å². The number of amides is 1. The van der Waals surface area contributed by atoms with E-state index in [0.717, 1.165) is 4.68 Å². The molecule has 7 heteroatoms. The van der Waals surface area contributed by atoms with Crippen molar-refractivity contribution in [1.29, 1.82) is 0 Å². The molecule has 0 bridgehead atoms. The van der Waals surface area contributed by atoms with Crippen LogP contribution in [0.3, 0.4) is 0 Å². The van der Waals surface area contributed by atoms with E-state index in [4.69, 9.17) is 0 Å². The first-order valence-electron chi connectivity index (χ1n) is 8.19. The first-order valence-corrected chi connectivity index (χ1v) is 8.19. The van der Waals surface area contributed by atoms with Crippen molar-refractivity contribution in [3.05, 3.63) is 71.1 Å². The summed E-state index contributed by atoms with van der Waals surface area (Å²) in [5.41, 5.74) is 1.95. The van der Waals surface area contributed by atoms with Gasteiger partial charge in [0.15, 0.2) is 5.78 Å². The molecule has 1 heterocycles. The Bertz CT molecular complexity index is 1040. The summed E-state index contributed by atoms with van der Waals surface area (Å²) in [5, 5.41) is 6.50. The van der Waals surface area contributed by atoms with Crippen molar-refractivity contribution in [1.82, 2.24) is 9.78 Å². The Labute approximate surface area is 154 Å². The van der Waals surface area contributed by atoms with E-state index in [9.17, 15) is 18.4 Å². The number of nitrogens with one attached hydrogen (secondary N) is 1. The second-order valence-corrected chi connectivity index (χ2v) is 6.15. The molecule has 1 aromatic heterocycles. The lowest BCUT2D eigenvalue weighted by Gasteiger charge is -2.12. The molecule has 0 unspecified atom stereocenters. The van der Waals surface area contributed by atoms with Crippen molar-refractivity contribution in [3.8, 4) is 11.1 Å². The van der Waals surface area contributed by atoms with Crippen molar-refractivity contribution in [2.45, 2.75) is 13.8 Å². The highest BCUT2D eigenvalue weighted by Gasteiger charge is 2.21. The Morgan fingerprint density at radius 2 is 1.74 bits per heavy atom. The van der Waals surface area contributed by atoms with Crippen LogP contribution in [0, 0.1) is 18.7 Å². The van der Waals surface area contributed by atoms with Gasteiger partial charge in [-0.1, -0.05) is 24.3 Å². The number of Topliss-reactive ketones (excluding diaryl/α,β-unsaturated/α-hetero) is 1. The molecule has 0 saturated carbocycles. The predicted molar refractivity (Wildman–Crippen MR) is 97.7 cm³/mol. The van der Waals surface area contributed by atoms with Crippen molar-refractivity contribution >= 4 is 17.4 Å². The minimum Gasteiger partial charge on any atom is -0.321 e. The number of aryl methyl sites for hydroxylation is 2. The number of benzene rings is 2. The lowest BCUT2D eigenvalue weighted by Crippen LogP contribution is -2.15. The van der Waals surface area contributed by atoms with Crippen molar-refractivity contribution in [2.75, 3.05) is 5.32 Å². The Morgan fingerprint density at radius 3 is 2.30 bits per heavy atom. The molecule has 138 valence electrons. The zero-order chi connectivity index (χ0) is 19.7. The number of rotatable bonds is 4. The lowest BCUT2D eigenvalue weighted by atomic mass is 10.0. The Hall–Kier alpha value is -3.35. The van der Waals surface area contributed by atoms with Gasteiger partial charge in [0.2, 0.25) is 5.95 Å². The Morgan fingerprint density at radius 1 is 1.07 bits per heavy atom. The van der Waals surface area contributed by atoms with E-state index in [-0.39, 0.29) is 17.0 Å². The number of hydrogen-bond acceptors (Lipinski definition) is 3. The minimum atomic E-state index is -0.750. The fraction of sp³-hybridized carbons (Fsp3) is 0.150. The monoisotopic (exact) mass is 369 g/mol. The minimum absolute atomic E-state index is 0.0863. The van der Waals surface area contributed by atoms with Crippen LogP contribution in [0.1, 0.15) is 33.3 Å². The third kappa shape index (κ3) is 3.62. The molecule has 1 amide bonds. The van der Waals surface area contributed by atoms with Crippen molar-refractivity contribution in [3.63, 3.8) is 0 Å². The van der Waals surface area contributed by atoms with Gasteiger partial charge in [-0.3, -0.25) is 9.59 Å². The summed E-state index contributed by atoms with van der Waals surface area (Å²) in [7, 11) is 1.40. The van der Waals surface area contributed by atoms with E-state index in [0.29, 0.717) is 22.4 Å². The number of halogens is 2. The molecule has 0 atom stereocenters. The average molecular weight is 369 g/mol. The maximum Gasteiger partial charge on any atom is 0.262 e. The van der Waals surface area contributed by atoms with Gasteiger partial charge in [0, 0.05) is 23.9 Å². The molecule has 0 radical (unpaired) electrons. The summed E-state index contributed by atoms with van der Waals surface area (Å²) >= 11 is 0. The quantitative estimate of drug-likeness (QED) is 0.704. The maximum absolute atomic E-state index is 14.1. The maximum atomic E-state index is 14.1.